The third kappa shape index (κ3) is 5.24. The number of carbonyl (C=O) groups is 3. The number of hydrogen-bond donors (Lipinski definition) is 2. The van der Waals surface area contributed by atoms with Gasteiger partial charge >= 0.3 is 5.97 Å². The zero-order chi connectivity index (χ0) is 17.4. The second-order valence-electron chi connectivity index (χ2n) is 5.00. The number of ether oxygens (including phenoxy) is 1. The summed E-state index contributed by atoms with van der Waals surface area (Å²) in [5, 5.41) is 5.41. The van der Waals surface area contributed by atoms with Gasteiger partial charge in [0.2, 0.25) is 0 Å². The van der Waals surface area contributed by atoms with Crippen molar-refractivity contribution in [2.24, 2.45) is 0 Å². The molecule has 6 nitrogen and oxygen atoms in total. The highest BCUT2D eigenvalue weighted by atomic mass is 16.5. The van der Waals surface area contributed by atoms with E-state index in [1.807, 2.05) is 6.07 Å². The largest absolute Gasteiger partial charge is 0.427 e. The van der Waals surface area contributed by atoms with Crippen LogP contribution in [-0.2, 0) is 4.79 Å². The fourth-order valence-corrected chi connectivity index (χ4v) is 2.01. The summed E-state index contributed by atoms with van der Waals surface area (Å²) >= 11 is 0. The van der Waals surface area contributed by atoms with Gasteiger partial charge in [-0.1, -0.05) is 24.3 Å². The van der Waals surface area contributed by atoms with Crippen LogP contribution in [0.3, 0.4) is 0 Å². The maximum absolute atomic E-state index is 12.0. The molecule has 6 heteroatoms. The molecule has 0 saturated carbocycles. The van der Waals surface area contributed by atoms with E-state index in [9.17, 15) is 14.4 Å². The van der Waals surface area contributed by atoms with Crippen molar-refractivity contribution in [1.29, 1.82) is 0 Å². The Morgan fingerprint density at radius 3 is 2.04 bits per heavy atom. The van der Waals surface area contributed by atoms with Gasteiger partial charge in [0.05, 0.1) is 0 Å². The molecule has 0 radical (unpaired) electrons. The van der Waals surface area contributed by atoms with Gasteiger partial charge in [0.15, 0.2) is 0 Å². The Morgan fingerprint density at radius 2 is 1.42 bits per heavy atom. The lowest BCUT2D eigenvalue weighted by molar-refractivity contribution is -0.131. The van der Waals surface area contributed by atoms with E-state index >= 15 is 0 Å². The number of carbonyl (C=O) groups excluding carboxylic acids is 3. The van der Waals surface area contributed by atoms with Crippen LogP contribution in [0.2, 0.25) is 0 Å². The first kappa shape index (κ1) is 17.2. The minimum atomic E-state index is -0.448. The lowest BCUT2D eigenvalue weighted by Crippen LogP contribution is -2.34. The maximum Gasteiger partial charge on any atom is 0.308 e. The number of benzene rings is 2. The van der Waals surface area contributed by atoms with Crippen LogP contribution < -0.4 is 15.4 Å². The van der Waals surface area contributed by atoms with Gasteiger partial charge in [-0.2, -0.15) is 0 Å². The van der Waals surface area contributed by atoms with Crippen LogP contribution in [0.1, 0.15) is 27.6 Å². The summed E-state index contributed by atoms with van der Waals surface area (Å²) in [6.07, 6.45) is 0. The standard InChI is InChI=1S/C18H18N2O4/c1-13(21)24-16-9-5-8-15(12-16)18(23)20-11-10-19-17(22)14-6-3-2-4-7-14/h2-9,12H,10-11H2,1H3,(H,19,22)(H,20,23). The predicted molar refractivity (Wildman–Crippen MR) is 88.9 cm³/mol. The summed E-state index contributed by atoms with van der Waals surface area (Å²) in [7, 11) is 0. The van der Waals surface area contributed by atoms with E-state index in [0.29, 0.717) is 23.4 Å². The van der Waals surface area contributed by atoms with Crippen LogP contribution in [0.15, 0.2) is 54.6 Å². The van der Waals surface area contributed by atoms with Gasteiger partial charge in [-0.05, 0) is 30.3 Å². The molecular weight excluding hydrogens is 308 g/mol. The van der Waals surface area contributed by atoms with Crippen molar-refractivity contribution in [3.63, 3.8) is 0 Å². The molecule has 0 aliphatic rings. The molecule has 0 saturated heterocycles. The number of nitrogens with one attached hydrogen (secondary N) is 2. The summed E-state index contributed by atoms with van der Waals surface area (Å²) in [6, 6.07) is 15.2. The van der Waals surface area contributed by atoms with Gasteiger partial charge < -0.3 is 15.4 Å². The minimum Gasteiger partial charge on any atom is -0.427 e. The van der Waals surface area contributed by atoms with Crippen LogP contribution in [0.5, 0.6) is 5.75 Å². The SMILES string of the molecule is CC(=O)Oc1cccc(C(=O)NCCNC(=O)c2ccccc2)c1. The van der Waals surface area contributed by atoms with Gasteiger partial charge in [-0.3, -0.25) is 14.4 Å². The molecule has 0 aromatic heterocycles. The number of amides is 2. The van der Waals surface area contributed by atoms with Crippen molar-refractivity contribution in [3.8, 4) is 5.75 Å². The molecule has 0 fully saturated rings. The second kappa shape index (κ2) is 8.47. The summed E-state index contributed by atoms with van der Waals surface area (Å²) in [6.45, 7) is 1.89. The molecule has 0 heterocycles. The Kier molecular flexibility index (Phi) is 6.08. The molecule has 2 N–H and O–H groups in total. The smallest absolute Gasteiger partial charge is 0.308 e. The fourth-order valence-electron chi connectivity index (χ4n) is 2.01. The number of hydrogen-bond acceptors (Lipinski definition) is 4. The van der Waals surface area contributed by atoms with Crippen LogP contribution in [0.4, 0.5) is 0 Å². The topological polar surface area (TPSA) is 84.5 Å². The molecule has 0 aliphatic carbocycles. The average molecular weight is 326 g/mol. The molecule has 0 unspecified atom stereocenters. The predicted octanol–water partition coefficient (Wildman–Crippen LogP) is 1.77. The second-order valence-corrected chi connectivity index (χ2v) is 5.00. The van der Waals surface area contributed by atoms with Gasteiger partial charge in [-0.25, -0.2) is 0 Å². The highest BCUT2D eigenvalue weighted by Gasteiger charge is 2.08. The van der Waals surface area contributed by atoms with E-state index in [1.165, 1.54) is 13.0 Å². The highest BCUT2D eigenvalue weighted by molar-refractivity contribution is 5.95. The summed E-state index contributed by atoms with van der Waals surface area (Å²) in [5.41, 5.74) is 0.945. The quantitative estimate of drug-likeness (QED) is 0.481. The highest BCUT2D eigenvalue weighted by Crippen LogP contribution is 2.13. The molecule has 0 bridgehead atoms. The van der Waals surface area contributed by atoms with Gasteiger partial charge in [0, 0.05) is 31.1 Å². The monoisotopic (exact) mass is 326 g/mol. The van der Waals surface area contributed by atoms with E-state index in [0.717, 1.165) is 0 Å². The van der Waals surface area contributed by atoms with E-state index in [1.54, 1.807) is 42.5 Å². The van der Waals surface area contributed by atoms with Crippen molar-refractivity contribution >= 4 is 17.8 Å². The fraction of sp³-hybridized carbons (Fsp3) is 0.167. The average Bonchev–Trinajstić information content (AvgIpc) is 2.58. The van der Waals surface area contributed by atoms with E-state index in [-0.39, 0.29) is 18.4 Å². The minimum absolute atomic E-state index is 0.193. The summed E-state index contributed by atoms with van der Waals surface area (Å²) in [4.78, 5) is 34.8. The Balaban J connectivity index is 1.79. The third-order valence-electron chi connectivity index (χ3n) is 3.09. The Hall–Kier alpha value is -3.15. The van der Waals surface area contributed by atoms with Crippen LogP contribution in [0.25, 0.3) is 0 Å². The molecule has 124 valence electrons. The summed E-state index contributed by atoms with van der Waals surface area (Å²) < 4.78 is 4.94. The van der Waals surface area contributed by atoms with Crippen LogP contribution >= 0.6 is 0 Å². The molecule has 2 rings (SSSR count). The van der Waals surface area contributed by atoms with Gasteiger partial charge in [0.1, 0.15) is 5.75 Å². The van der Waals surface area contributed by atoms with Crippen molar-refractivity contribution < 1.29 is 19.1 Å². The van der Waals surface area contributed by atoms with Crippen molar-refractivity contribution in [3.05, 3.63) is 65.7 Å². The Bertz CT molecular complexity index is 729. The lowest BCUT2D eigenvalue weighted by Gasteiger charge is -2.08. The lowest BCUT2D eigenvalue weighted by atomic mass is 10.2. The molecule has 2 aromatic carbocycles. The number of rotatable bonds is 6. The first-order chi connectivity index (χ1) is 11.6. The van der Waals surface area contributed by atoms with Crippen molar-refractivity contribution in [1.82, 2.24) is 10.6 Å². The van der Waals surface area contributed by atoms with Gasteiger partial charge in [-0.15, -0.1) is 0 Å². The number of esters is 1. The zero-order valence-corrected chi connectivity index (χ0v) is 13.2. The molecule has 0 aliphatic heterocycles. The Morgan fingerprint density at radius 1 is 0.833 bits per heavy atom. The van der Waals surface area contributed by atoms with E-state index < -0.39 is 5.97 Å². The van der Waals surface area contributed by atoms with Crippen LogP contribution in [0, 0.1) is 0 Å². The van der Waals surface area contributed by atoms with Crippen molar-refractivity contribution in [2.45, 2.75) is 6.92 Å². The molecule has 2 aromatic rings. The van der Waals surface area contributed by atoms with Gasteiger partial charge in [0.25, 0.3) is 11.8 Å². The molecule has 0 atom stereocenters. The van der Waals surface area contributed by atoms with E-state index in [2.05, 4.69) is 10.6 Å². The molecule has 0 spiro atoms. The first-order valence-corrected chi connectivity index (χ1v) is 7.46. The molecule has 2 amide bonds. The summed E-state index contributed by atoms with van der Waals surface area (Å²) in [5.74, 6) is -0.636. The molecular formula is C18H18N2O4. The van der Waals surface area contributed by atoms with E-state index in [4.69, 9.17) is 4.74 Å². The normalized spacial score (nSPS) is 9.88. The van der Waals surface area contributed by atoms with Crippen LogP contribution in [-0.4, -0.2) is 30.9 Å². The maximum atomic E-state index is 12.0. The molecule has 24 heavy (non-hydrogen) atoms. The zero-order valence-electron chi connectivity index (χ0n) is 13.2. The Labute approximate surface area is 139 Å². The van der Waals surface area contributed by atoms with Crippen molar-refractivity contribution in [2.75, 3.05) is 13.1 Å². The first-order valence-electron chi connectivity index (χ1n) is 7.46. The third-order valence-corrected chi connectivity index (χ3v) is 3.09.